The molecular weight excluding hydrogens is 464 g/mol. The molecule has 1 amide bonds. The number of allylic oxidation sites excluding steroid dienone is 1. The lowest BCUT2D eigenvalue weighted by Crippen LogP contribution is -2.35. The number of carbonyl (C=O) groups excluding carboxylic acids is 1. The van der Waals surface area contributed by atoms with Gasteiger partial charge in [-0.1, -0.05) is 17.7 Å². The molecule has 140 valence electrons. The van der Waals surface area contributed by atoms with Gasteiger partial charge in [0.1, 0.15) is 17.3 Å². The van der Waals surface area contributed by atoms with Gasteiger partial charge >= 0.3 is 0 Å². The Bertz CT molecular complexity index is 987. The highest BCUT2D eigenvalue weighted by molar-refractivity contribution is 9.10. The number of nitrogens with zero attached hydrogens (tertiary/aromatic N) is 2. The maximum atomic E-state index is 13.8. The molecule has 1 atom stereocenters. The number of likely N-dealkylation sites (N-methyl/N-ethyl adjacent to an activating group) is 1. The number of hydrogen-bond donors (Lipinski definition) is 1. The summed E-state index contributed by atoms with van der Waals surface area (Å²) >= 11 is 6.89. The summed E-state index contributed by atoms with van der Waals surface area (Å²) in [4.78, 5) is 12.6. The number of rotatable bonds is 3. The third-order valence-electron chi connectivity index (χ3n) is 3.65. The molecule has 0 saturated carbocycles. The molecule has 0 aliphatic carbocycles. The smallest absolute Gasteiger partial charge is 0.276 e. The summed E-state index contributed by atoms with van der Waals surface area (Å²) in [6.07, 6.45) is 1.39. The van der Waals surface area contributed by atoms with E-state index in [0.717, 1.165) is 6.07 Å². The molecule has 0 spiro atoms. The molecule has 2 aromatic rings. The molecule has 27 heavy (non-hydrogen) atoms. The molecule has 1 aliphatic heterocycles. The SMILES string of the molecule is CN1C(C(=O)Nc2ccc(F)c(Cl)c2)=CC(c2ccc(Br)c(F)c2)=N[S+]1[O-]. The zero-order chi connectivity index (χ0) is 19.7. The fourth-order valence-corrected chi connectivity index (χ4v) is 3.43. The van der Waals surface area contributed by atoms with Crippen molar-refractivity contribution in [2.24, 2.45) is 4.40 Å². The van der Waals surface area contributed by atoms with E-state index in [1.165, 1.54) is 41.7 Å². The summed E-state index contributed by atoms with van der Waals surface area (Å²) in [5, 5.41) is 2.41. The van der Waals surface area contributed by atoms with Crippen LogP contribution in [0.25, 0.3) is 0 Å². The van der Waals surface area contributed by atoms with Gasteiger partial charge < -0.3 is 9.87 Å². The van der Waals surface area contributed by atoms with Crippen molar-refractivity contribution in [2.45, 2.75) is 0 Å². The minimum Gasteiger partial charge on any atom is -0.566 e. The van der Waals surface area contributed by atoms with Gasteiger partial charge in [0.25, 0.3) is 5.91 Å². The van der Waals surface area contributed by atoms with E-state index in [-0.39, 0.29) is 26.6 Å². The fraction of sp³-hybridized carbons (Fsp3) is 0.0588. The minimum absolute atomic E-state index is 0.0436. The summed E-state index contributed by atoms with van der Waals surface area (Å²) < 4.78 is 44.7. The van der Waals surface area contributed by atoms with Crippen LogP contribution in [0.2, 0.25) is 5.02 Å². The summed E-state index contributed by atoms with van der Waals surface area (Å²) in [5.41, 5.74) is 0.875. The Labute approximate surface area is 170 Å². The van der Waals surface area contributed by atoms with Gasteiger partial charge in [-0.15, -0.1) is 0 Å². The van der Waals surface area contributed by atoms with Crippen molar-refractivity contribution in [3.63, 3.8) is 0 Å². The van der Waals surface area contributed by atoms with Crippen molar-refractivity contribution >= 4 is 56.4 Å². The first-order valence-corrected chi connectivity index (χ1v) is 9.67. The highest BCUT2D eigenvalue weighted by Gasteiger charge is 2.30. The highest BCUT2D eigenvalue weighted by Crippen LogP contribution is 2.24. The molecule has 1 aliphatic rings. The van der Waals surface area contributed by atoms with E-state index in [0.29, 0.717) is 5.56 Å². The average molecular weight is 475 g/mol. The van der Waals surface area contributed by atoms with E-state index in [9.17, 15) is 18.1 Å². The summed E-state index contributed by atoms with van der Waals surface area (Å²) in [7, 11) is 1.43. The Morgan fingerprint density at radius 2 is 2.00 bits per heavy atom. The Balaban J connectivity index is 1.91. The maximum absolute atomic E-state index is 13.8. The van der Waals surface area contributed by atoms with Gasteiger partial charge in [-0.3, -0.25) is 4.79 Å². The minimum atomic E-state index is -1.87. The fourth-order valence-electron chi connectivity index (χ4n) is 2.25. The van der Waals surface area contributed by atoms with E-state index in [2.05, 4.69) is 25.6 Å². The zero-order valence-corrected chi connectivity index (χ0v) is 16.8. The largest absolute Gasteiger partial charge is 0.566 e. The second kappa shape index (κ2) is 7.97. The van der Waals surface area contributed by atoms with Crippen molar-refractivity contribution in [3.05, 3.63) is 74.9 Å². The van der Waals surface area contributed by atoms with Crippen LogP contribution in [-0.4, -0.2) is 27.5 Å². The van der Waals surface area contributed by atoms with Crippen LogP contribution in [0.1, 0.15) is 5.56 Å². The molecule has 10 heteroatoms. The van der Waals surface area contributed by atoms with Gasteiger partial charge in [0, 0.05) is 17.3 Å². The van der Waals surface area contributed by atoms with Crippen molar-refractivity contribution in [1.29, 1.82) is 0 Å². The Kier molecular flexibility index (Phi) is 5.85. The summed E-state index contributed by atoms with van der Waals surface area (Å²) in [5.74, 6) is -1.73. The van der Waals surface area contributed by atoms with Gasteiger partial charge in [-0.05, 0) is 50.7 Å². The predicted octanol–water partition coefficient (Wildman–Crippen LogP) is 4.22. The maximum Gasteiger partial charge on any atom is 0.276 e. The van der Waals surface area contributed by atoms with Crippen molar-refractivity contribution in [2.75, 3.05) is 12.4 Å². The van der Waals surface area contributed by atoms with E-state index in [1.54, 1.807) is 6.07 Å². The number of amides is 1. The second-order valence-corrected chi connectivity index (χ2v) is 7.90. The lowest BCUT2D eigenvalue weighted by Gasteiger charge is -2.23. The third kappa shape index (κ3) is 4.32. The highest BCUT2D eigenvalue weighted by atomic mass is 79.9. The van der Waals surface area contributed by atoms with Crippen LogP contribution in [0.3, 0.4) is 0 Å². The Morgan fingerprint density at radius 3 is 2.67 bits per heavy atom. The molecule has 0 fully saturated rings. The number of anilines is 1. The third-order valence-corrected chi connectivity index (χ3v) is 5.60. The number of carbonyl (C=O) groups is 1. The van der Waals surface area contributed by atoms with Crippen LogP contribution >= 0.6 is 27.5 Å². The number of halogens is 4. The monoisotopic (exact) mass is 473 g/mol. The van der Waals surface area contributed by atoms with Crippen LogP contribution in [0.15, 0.2) is 57.0 Å². The second-order valence-electron chi connectivity index (χ2n) is 5.45. The molecule has 1 heterocycles. The van der Waals surface area contributed by atoms with E-state index in [1.807, 2.05) is 0 Å². The lowest BCUT2D eigenvalue weighted by atomic mass is 10.1. The van der Waals surface area contributed by atoms with Crippen molar-refractivity contribution < 1.29 is 18.1 Å². The van der Waals surface area contributed by atoms with E-state index >= 15 is 0 Å². The summed E-state index contributed by atoms with van der Waals surface area (Å²) in [6.45, 7) is 0. The first kappa shape index (κ1) is 19.8. The van der Waals surface area contributed by atoms with Crippen LogP contribution in [0, 0.1) is 11.6 Å². The molecule has 5 nitrogen and oxygen atoms in total. The van der Waals surface area contributed by atoms with Crippen LogP contribution in [-0.2, 0) is 16.3 Å². The lowest BCUT2D eigenvalue weighted by molar-refractivity contribution is -0.113. The molecule has 0 bridgehead atoms. The number of hydrogen-bond acceptors (Lipinski definition) is 4. The van der Waals surface area contributed by atoms with Gasteiger partial charge in [0.05, 0.1) is 16.5 Å². The molecule has 0 radical (unpaired) electrons. The Hall–Kier alpha value is -1.94. The molecule has 0 saturated heterocycles. The van der Waals surface area contributed by atoms with Crippen molar-refractivity contribution in [3.8, 4) is 0 Å². The number of nitrogens with one attached hydrogen (secondary N) is 1. The standard InChI is InChI=1S/C17H11BrClF2N3O2S/c1-24-16(17(25)22-10-3-5-13(20)12(19)7-10)8-15(23-27(24)26)9-2-4-11(18)14(21)6-9/h2-8H,1H3,(H,22,25). The topological polar surface area (TPSA) is 67.8 Å². The first-order valence-electron chi connectivity index (χ1n) is 7.44. The first-order chi connectivity index (χ1) is 12.8. The van der Waals surface area contributed by atoms with Crippen molar-refractivity contribution in [1.82, 2.24) is 4.31 Å². The van der Waals surface area contributed by atoms with Gasteiger partial charge in [0.15, 0.2) is 5.70 Å². The van der Waals surface area contributed by atoms with Crippen LogP contribution in [0.5, 0.6) is 0 Å². The molecule has 2 aromatic carbocycles. The van der Waals surface area contributed by atoms with E-state index < -0.39 is 29.1 Å². The van der Waals surface area contributed by atoms with Gasteiger partial charge in [0.2, 0.25) is 11.5 Å². The van der Waals surface area contributed by atoms with E-state index in [4.69, 9.17) is 11.6 Å². The normalized spacial score (nSPS) is 16.7. The average Bonchev–Trinajstić information content (AvgIpc) is 2.62. The summed E-state index contributed by atoms with van der Waals surface area (Å²) in [6, 6.07) is 8.01. The molecule has 1 unspecified atom stereocenters. The molecular formula is C17H11BrClF2N3O2S. The van der Waals surface area contributed by atoms with Crippen LogP contribution < -0.4 is 5.32 Å². The Morgan fingerprint density at radius 1 is 1.26 bits per heavy atom. The molecule has 3 rings (SSSR count). The zero-order valence-electron chi connectivity index (χ0n) is 13.7. The molecule has 1 N–H and O–H groups in total. The molecule has 0 aromatic heterocycles. The van der Waals surface area contributed by atoms with Gasteiger partial charge in [-0.2, -0.15) is 4.31 Å². The predicted molar refractivity (Wildman–Crippen MR) is 105 cm³/mol. The van der Waals surface area contributed by atoms with Gasteiger partial charge in [-0.25, -0.2) is 8.78 Å². The van der Waals surface area contributed by atoms with Crippen LogP contribution in [0.4, 0.5) is 14.5 Å². The number of benzene rings is 2. The quantitative estimate of drug-likeness (QED) is 0.678.